The number of carbonyl (C=O) groups excluding carboxylic acids is 2. The fourth-order valence-corrected chi connectivity index (χ4v) is 2.77. The SMILES string of the molecule is CC[C@@H](N[C@H](C(=O)NC(N)=O)c1ccccc1)c1ccc(Br)cc1. The number of urea groups is 1. The highest BCUT2D eigenvalue weighted by Gasteiger charge is 2.24. The molecule has 0 aliphatic rings. The highest BCUT2D eigenvalue weighted by atomic mass is 79.9. The molecule has 24 heavy (non-hydrogen) atoms. The molecule has 3 amide bonds. The smallest absolute Gasteiger partial charge is 0.318 e. The van der Waals surface area contributed by atoms with E-state index in [0.29, 0.717) is 0 Å². The van der Waals surface area contributed by atoms with E-state index in [9.17, 15) is 9.59 Å². The molecule has 0 aliphatic carbocycles. The van der Waals surface area contributed by atoms with Crippen LogP contribution in [0.2, 0.25) is 0 Å². The van der Waals surface area contributed by atoms with Crippen molar-refractivity contribution < 1.29 is 9.59 Å². The molecule has 0 aromatic heterocycles. The Kier molecular flexibility index (Phi) is 6.52. The lowest BCUT2D eigenvalue weighted by molar-refractivity contribution is -0.122. The maximum Gasteiger partial charge on any atom is 0.318 e. The van der Waals surface area contributed by atoms with Gasteiger partial charge in [0.25, 0.3) is 0 Å². The standard InChI is InChI=1S/C18H20BrN3O2/c1-2-15(12-8-10-14(19)11-9-12)21-16(17(23)22-18(20)24)13-6-4-3-5-7-13/h3-11,15-16,21H,2H2,1H3,(H3,20,22,23,24)/t15-,16+/m1/s1. The average Bonchev–Trinajstić information content (AvgIpc) is 2.57. The molecule has 5 nitrogen and oxygen atoms in total. The van der Waals surface area contributed by atoms with Crippen molar-refractivity contribution in [1.29, 1.82) is 0 Å². The number of amides is 3. The van der Waals surface area contributed by atoms with Crippen molar-refractivity contribution in [2.75, 3.05) is 0 Å². The molecule has 2 rings (SSSR count). The van der Waals surface area contributed by atoms with Gasteiger partial charge in [-0.2, -0.15) is 0 Å². The minimum absolute atomic E-state index is 0.0399. The van der Waals surface area contributed by atoms with Gasteiger partial charge in [0.05, 0.1) is 0 Å². The van der Waals surface area contributed by atoms with Crippen LogP contribution in [0.4, 0.5) is 4.79 Å². The molecule has 2 aromatic carbocycles. The van der Waals surface area contributed by atoms with Crippen molar-refractivity contribution in [3.05, 3.63) is 70.2 Å². The van der Waals surface area contributed by atoms with E-state index >= 15 is 0 Å². The van der Waals surface area contributed by atoms with Gasteiger partial charge in [0.1, 0.15) is 6.04 Å². The molecule has 0 saturated carbocycles. The Bertz CT molecular complexity index is 689. The van der Waals surface area contributed by atoms with Crippen molar-refractivity contribution in [2.45, 2.75) is 25.4 Å². The Balaban J connectivity index is 2.27. The van der Waals surface area contributed by atoms with Gasteiger partial charge in [-0.3, -0.25) is 15.4 Å². The first-order valence-electron chi connectivity index (χ1n) is 7.68. The Morgan fingerprint density at radius 3 is 2.21 bits per heavy atom. The summed E-state index contributed by atoms with van der Waals surface area (Å²) in [5.74, 6) is -0.468. The third kappa shape index (κ3) is 4.91. The summed E-state index contributed by atoms with van der Waals surface area (Å²) in [5.41, 5.74) is 6.93. The molecule has 4 N–H and O–H groups in total. The number of nitrogens with two attached hydrogens (primary N) is 1. The normalized spacial score (nSPS) is 13.1. The van der Waals surface area contributed by atoms with Gasteiger partial charge < -0.3 is 5.73 Å². The fourth-order valence-electron chi connectivity index (χ4n) is 2.51. The first kappa shape index (κ1) is 18.2. The van der Waals surface area contributed by atoms with Gasteiger partial charge in [0.2, 0.25) is 5.91 Å². The molecule has 0 unspecified atom stereocenters. The molecule has 0 bridgehead atoms. The molecule has 0 aliphatic heterocycles. The molecule has 0 fully saturated rings. The van der Waals surface area contributed by atoms with Crippen LogP contribution in [0.25, 0.3) is 0 Å². The van der Waals surface area contributed by atoms with E-state index in [4.69, 9.17) is 5.73 Å². The zero-order valence-electron chi connectivity index (χ0n) is 13.3. The third-order valence-electron chi connectivity index (χ3n) is 3.69. The fraction of sp³-hybridized carbons (Fsp3) is 0.222. The highest BCUT2D eigenvalue weighted by molar-refractivity contribution is 9.10. The predicted octanol–water partition coefficient (Wildman–Crippen LogP) is 3.43. The van der Waals surface area contributed by atoms with E-state index in [1.54, 1.807) is 0 Å². The summed E-state index contributed by atoms with van der Waals surface area (Å²) >= 11 is 3.42. The number of benzene rings is 2. The van der Waals surface area contributed by atoms with Crippen molar-refractivity contribution in [2.24, 2.45) is 5.73 Å². The number of nitrogens with one attached hydrogen (secondary N) is 2. The van der Waals surface area contributed by atoms with Gasteiger partial charge in [-0.15, -0.1) is 0 Å². The second-order valence-corrected chi connectivity index (χ2v) is 6.29. The van der Waals surface area contributed by atoms with Gasteiger partial charge in [0, 0.05) is 10.5 Å². The maximum absolute atomic E-state index is 12.4. The van der Waals surface area contributed by atoms with E-state index < -0.39 is 18.0 Å². The summed E-state index contributed by atoms with van der Waals surface area (Å²) in [4.78, 5) is 23.5. The van der Waals surface area contributed by atoms with Gasteiger partial charge in [-0.05, 0) is 29.7 Å². The van der Waals surface area contributed by atoms with Crippen LogP contribution in [0.1, 0.15) is 36.6 Å². The molecule has 0 radical (unpaired) electrons. The number of carbonyl (C=O) groups is 2. The van der Waals surface area contributed by atoms with E-state index in [1.807, 2.05) is 61.5 Å². The topological polar surface area (TPSA) is 84.2 Å². The first-order chi connectivity index (χ1) is 11.5. The minimum Gasteiger partial charge on any atom is -0.351 e. The van der Waals surface area contributed by atoms with Crippen LogP contribution in [0.5, 0.6) is 0 Å². The number of hydrogen-bond acceptors (Lipinski definition) is 3. The van der Waals surface area contributed by atoms with Crippen LogP contribution in [0.15, 0.2) is 59.1 Å². The molecule has 6 heteroatoms. The molecule has 2 aromatic rings. The summed E-state index contributed by atoms with van der Waals surface area (Å²) in [7, 11) is 0. The molecule has 0 spiro atoms. The van der Waals surface area contributed by atoms with Crippen molar-refractivity contribution in [3.8, 4) is 0 Å². The first-order valence-corrected chi connectivity index (χ1v) is 8.47. The largest absolute Gasteiger partial charge is 0.351 e. The number of hydrogen-bond donors (Lipinski definition) is 3. The van der Waals surface area contributed by atoms with Crippen LogP contribution in [-0.4, -0.2) is 11.9 Å². The van der Waals surface area contributed by atoms with E-state index in [1.165, 1.54) is 0 Å². The lowest BCUT2D eigenvalue weighted by atomic mass is 10.00. The Hall–Kier alpha value is -2.18. The second kappa shape index (κ2) is 8.61. The minimum atomic E-state index is -0.862. The van der Waals surface area contributed by atoms with E-state index in [2.05, 4.69) is 26.6 Å². The van der Waals surface area contributed by atoms with E-state index in [0.717, 1.165) is 22.0 Å². The number of primary amides is 1. The van der Waals surface area contributed by atoms with Gasteiger partial charge in [0.15, 0.2) is 0 Å². The number of imide groups is 1. The van der Waals surface area contributed by atoms with Crippen LogP contribution >= 0.6 is 15.9 Å². The van der Waals surface area contributed by atoms with Gasteiger partial charge in [-0.1, -0.05) is 65.3 Å². The second-order valence-electron chi connectivity index (χ2n) is 5.38. The summed E-state index contributed by atoms with van der Waals surface area (Å²) < 4.78 is 0.993. The molecule has 0 saturated heterocycles. The monoisotopic (exact) mass is 389 g/mol. The molecule has 2 atom stereocenters. The number of rotatable bonds is 6. The van der Waals surface area contributed by atoms with Crippen LogP contribution in [0, 0.1) is 0 Å². The van der Waals surface area contributed by atoms with Gasteiger partial charge in [-0.25, -0.2) is 4.79 Å². The zero-order chi connectivity index (χ0) is 17.5. The third-order valence-corrected chi connectivity index (χ3v) is 4.22. The summed E-state index contributed by atoms with van der Waals surface area (Å²) in [6, 6.07) is 15.6. The molecule has 0 heterocycles. The lowest BCUT2D eigenvalue weighted by Gasteiger charge is -2.25. The van der Waals surface area contributed by atoms with Crippen LogP contribution in [0.3, 0.4) is 0 Å². The Morgan fingerprint density at radius 2 is 1.67 bits per heavy atom. The Labute approximate surface area is 149 Å². The van der Waals surface area contributed by atoms with E-state index in [-0.39, 0.29) is 6.04 Å². The van der Waals surface area contributed by atoms with Crippen molar-refractivity contribution in [3.63, 3.8) is 0 Å². The molecule has 126 valence electrons. The maximum atomic E-state index is 12.4. The zero-order valence-corrected chi connectivity index (χ0v) is 14.9. The van der Waals surface area contributed by atoms with Crippen LogP contribution < -0.4 is 16.4 Å². The summed E-state index contributed by atoms with van der Waals surface area (Å²) in [6.07, 6.45) is 0.787. The molecular formula is C18H20BrN3O2. The molecular weight excluding hydrogens is 370 g/mol. The average molecular weight is 390 g/mol. The number of halogens is 1. The summed E-state index contributed by atoms with van der Waals surface area (Å²) in [5, 5.41) is 5.49. The Morgan fingerprint density at radius 1 is 1.04 bits per heavy atom. The van der Waals surface area contributed by atoms with Gasteiger partial charge >= 0.3 is 6.03 Å². The van der Waals surface area contributed by atoms with Crippen molar-refractivity contribution in [1.82, 2.24) is 10.6 Å². The lowest BCUT2D eigenvalue weighted by Crippen LogP contribution is -2.43. The summed E-state index contributed by atoms with van der Waals surface area (Å²) in [6.45, 7) is 2.04. The quantitative estimate of drug-likeness (QED) is 0.707. The highest BCUT2D eigenvalue weighted by Crippen LogP contribution is 2.24. The van der Waals surface area contributed by atoms with Crippen LogP contribution in [-0.2, 0) is 4.79 Å². The predicted molar refractivity (Wildman–Crippen MR) is 97.2 cm³/mol. The van der Waals surface area contributed by atoms with Crippen molar-refractivity contribution >= 4 is 27.9 Å².